The normalized spacial score (nSPS) is 14.7. The second-order valence-corrected chi connectivity index (χ2v) is 5.67. The molecule has 0 saturated carbocycles. The lowest BCUT2D eigenvalue weighted by Crippen LogP contribution is -2.32. The summed E-state index contributed by atoms with van der Waals surface area (Å²) in [6.45, 7) is 4.09. The standard InChI is InChI=1S/C16H34O2/c1-3-5-6-7-8-9-10-11-12-13-14-16(18,4-2)15-17/h17-18H,3-15H2,1-2H3. The molecule has 18 heavy (non-hydrogen) atoms. The quantitative estimate of drug-likeness (QED) is 0.480. The van der Waals surface area contributed by atoms with Crippen molar-refractivity contribution in [3.63, 3.8) is 0 Å². The second kappa shape index (κ2) is 12.0. The van der Waals surface area contributed by atoms with Gasteiger partial charge < -0.3 is 10.2 Å². The van der Waals surface area contributed by atoms with Gasteiger partial charge in [0.15, 0.2) is 0 Å². The van der Waals surface area contributed by atoms with Gasteiger partial charge in [0, 0.05) is 0 Å². The molecule has 0 aromatic carbocycles. The fourth-order valence-electron chi connectivity index (χ4n) is 2.31. The molecule has 0 aromatic heterocycles. The lowest BCUT2D eigenvalue weighted by molar-refractivity contribution is -0.0259. The van der Waals surface area contributed by atoms with Gasteiger partial charge in [0.2, 0.25) is 0 Å². The van der Waals surface area contributed by atoms with Gasteiger partial charge in [0.05, 0.1) is 12.2 Å². The van der Waals surface area contributed by atoms with Crippen LogP contribution in [0.2, 0.25) is 0 Å². The molecule has 110 valence electrons. The monoisotopic (exact) mass is 258 g/mol. The van der Waals surface area contributed by atoms with Crippen LogP contribution in [0.3, 0.4) is 0 Å². The van der Waals surface area contributed by atoms with E-state index in [4.69, 9.17) is 5.11 Å². The van der Waals surface area contributed by atoms with Crippen molar-refractivity contribution in [1.82, 2.24) is 0 Å². The molecule has 0 aliphatic rings. The molecule has 0 rings (SSSR count). The van der Waals surface area contributed by atoms with Gasteiger partial charge in [-0.3, -0.25) is 0 Å². The summed E-state index contributed by atoms with van der Waals surface area (Å²) in [6.07, 6.45) is 14.5. The number of hydrogen-bond donors (Lipinski definition) is 2. The average molecular weight is 258 g/mol. The van der Waals surface area contributed by atoms with E-state index < -0.39 is 5.60 Å². The molecule has 1 atom stereocenters. The molecule has 0 saturated heterocycles. The Bertz CT molecular complexity index is 164. The summed E-state index contributed by atoms with van der Waals surface area (Å²) < 4.78 is 0. The van der Waals surface area contributed by atoms with E-state index in [2.05, 4.69) is 6.92 Å². The second-order valence-electron chi connectivity index (χ2n) is 5.67. The Labute approximate surface area is 114 Å². The maximum atomic E-state index is 9.90. The van der Waals surface area contributed by atoms with Gasteiger partial charge in [0.25, 0.3) is 0 Å². The van der Waals surface area contributed by atoms with Crippen LogP contribution in [-0.2, 0) is 0 Å². The molecule has 0 aliphatic carbocycles. The molecule has 0 aliphatic heterocycles. The van der Waals surface area contributed by atoms with Crippen LogP contribution < -0.4 is 0 Å². The van der Waals surface area contributed by atoms with E-state index in [0.717, 1.165) is 12.8 Å². The Hall–Kier alpha value is -0.0800. The third-order valence-electron chi connectivity index (χ3n) is 3.95. The predicted molar refractivity (Wildman–Crippen MR) is 78.8 cm³/mol. The van der Waals surface area contributed by atoms with Gasteiger partial charge in [-0.2, -0.15) is 0 Å². The van der Waals surface area contributed by atoms with Crippen molar-refractivity contribution >= 4 is 0 Å². The molecule has 2 nitrogen and oxygen atoms in total. The number of hydrogen-bond acceptors (Lipinski definition) is 2. The first kappa shape index (κ1) is 17.9. The van der Waals surface area contributed by atoms with E-state index in [0.29, 0.717) is 6.42 Å². The number of aliphatic hydroxyl groups is 2. The van der Waals surface area contributed by atoms with Crippen LogP contribution in [0.5, 0.6) is 0 Å². The van der Waals surface area contributed by atoms with Gasteiger partial charge in [-0.05, 0) is 12.8 Å². The van der Waals surface area contributed by atoms with Crippen LogP contribution in [0.25, 0.3) is 0 Å². The Morgan fingerprint density at radius 3 is 1.56 bits per heavy atom. The third kappa shape index (κ3) is 9.90. The lowest BCUT2D eigenvalue weighted by atomic mass is 9.94. The van der Waals surface area contributed by atoms with Crippen molar-refractivity contribution in [3.8, 4) is 0 Å². The van der Waals surface area contributed by atoms with Crippen molar-refractivity contribution in [3.05, 3.63) is 0 Å². The summed E-state index contributed by atoms with van der Waals surface area (Å²) in [5, 5.41) is 19.0. The largest absolute Gasteiger partial charge is 0.393 e. The molecule has 0 amide bonds. The zero-order valence-corrected chi connectivity index (χ0v) is 12.6. The van der Waals surface area contributed by atoms with E-state index in [-0.39, 0.29) is 6.61 Å². The Morgan fingerprint density at radius 1 is 0.722 bits per heavy atom. The highest BCUT2D eigenvalue weighted by Crippen LogP contribution is 2.19. The summed E-state index contributed by atoms with van der Waals surface area (Å²) in [5.41, 5.74) is -0.819. The summed E-state index contributed by atoms with van der Waals surface area (Å²) in [6, 6.07) is 0. The molecule has 0 fully saturated rings. The minimum absolute atomic E-state index is 0.0963. The molecule has 2 N–H and O–H groups in total. The first-order valence-electron chi connectivity index (χ1n) is 8.01. The van der Waals surface area contributed by atoms with Crippen molar-refractivity contribution in [1.29, 1.82) is 0 Å². The number of rotatable bonds is 13. The lowest BCUT2D eigenvalue weighted by Gasteiger charge is -2.23. The highest BCUT2D eigenvalue weighted by Gasteiger charge is 2.22. The van der Waals surface area contributed by atoms with Crippen molar-refractivity contribution in [2.24, 2.45) is 0 Å². The summed E-state index contributed by atoms with van der Waals surface area (Å²) in [4.78, 5) is 0. The fraction of sp³-hybridized carbons (Fsp3) is 1.00. The van der Waals surface area contributed by atoms with Gasteiger partial charge in [0.1, 0.15) is 0 Å². The maximum absolute atomic E-state index is 9.90. The highest BCUT2D eigenvalue weighted by atomic mass is 16.3. The first-order valence-corrected chi connectivity index (χ1v) is 8.01. The van der Waals surface area contributed by atoms with Crippen LogP contribution in [0.1, 0.15) is 90.9 Å². The van der Waals surface area contributed by atoms with E-state index in [1.165, 1.54) is 57.8 Å². The maximum Gasteiger partial charge on any atom is 0.0874 e. The molecule has 0 radical (unpaired) electrons. The van der Waals surface area contributed by atoms with Gasteiger partial charge in [-0.25, -0.2) is 0 Å². The molecular formula is C16H34O2. The summed E-state index contributed by atoms with van der Waals surface area (Å²) in [7, 11) is 0. The molecule has 2 heteroatoms. The van der Waals surface area contributed by atoms with E-state index >= 15 is 0 Å². The van der Waals surface area contributed by atoms with Crippen molar-refractivity contribution < 1.29 is 10.2 Å². The molecule has 0 spiro atoms. The van der Waals surface area contributed by atoms with Crippen LogP contribution in [-0.4, -0.2) is 22.4 Å². The molecule has 0 bridgehead atoms. The third-order valence-corrected chi connectivity index (χ3v) is 3.95. The summed E-state index contributed by atoms with van der Waals surface area (Å²) >= 11 is 0. The zero-order chi connectivity index (χ0) is 13.7. The molecule has 0 heterocycles. The first-order chi connectivity index (χ1) is 8.68. The Kier molecular flexibility index (Phi) is 11.9. The SMILES string of the molecule is CCCCCCCCCCCCC(O)(CC)CO. The number of unbranched alkanes of at least 4 members (excludes halogenated alkanes) is 9. The topological polar surface area (TPSA) is 40.5 Å². The zero-order valence-electron chi connectivity index (χ0n) is 12.6. The minimum Gasteiger partial charge on any atom is -0.393 e. The smallest absolute Gasteiger partial charge is 0.0874 e. The fourth-order valence-corrected chi connectivity index (χ4v) is 2.31. The highest BCUT2D eigenvalue weighted by molar-refractivity contribution is 4.75. The van der Waals surface area contributed by atoms with E-state index in [1.807, 2.05) is 6.92 Å². The average Bonchev–Trinajstić information content (AvgIpc) is 2.40. The van der Waals surface area contributed by atoms with Crippen LogP contribution in [0, 0.1) is 0 Å². The Morgan fingerprint density at radius 2 is 1.17 bits per heavy atom. The molecule has 1 unspecified atom stereocenters. The van der Waals surface area contributed by atoms with Crippen molar-refractivity contribution in [2.45, 2.75) is 96.5 Å². The molecular weight excluding hydrogens is 224 g/mol. The van der Waals surface area contributed by atoms with Crippen LogP contribution in [0.4, 0.5) is 0 Å². The minimum atomic E-state index is -0.819. The van der Waals surface area contributed by atoms with Crippen LogP contribution in [0.15, 0.2) is 0 Å². The Balaban J connectivity index is 3.21. The van der Waals surface area contributed by atoms with Crippen LogP contribution >= 0.6 is 0 Å². The van der Waals surface area contributed by atoms with E-state index in [1.54, 1.807) is 0 Å². The predicted octanol–water partition coefficient (Wildman–Crippen LogP) is 4.43. The number of aliphatic hydroxyl groups excluding tert-OH is 1. The van der Waals surface area contributed by atoms with Gasteiger partial charge in [-0.15, -0.1) is 0 Å². The summed E-state index contributed by atoms with van der Waals surface area (Å²) in [5.74, 6) is 0. The van der Waals surface area contributed by atoms with E-state index in [9.17, 15) is 5.11 Å². The van der Waals surface area contributed by atoms with Gasteiger partial charge in [-0.1, -0.05) is 78.1 Å². The molecule has 0 aromatic rings. The van der Waals surface area contributed by atoms with Gasteiger partial charge >= 0.3 is 0 Å². The van der Waals surface area contributed by atoms with Crippen molar-refractivity contribution in [2.75, 3.05) is 6.61 Å².